The van der Waals surface area contributed by atoms with Crippen molar-refractivity contribution >= 4 is 5.97 Å². The van der Waals surface area contributed by atoms with Crippen molar-refractivity contribution in [1.29, 1.82) is 0 Å². The van der Waals surface area contributed by atoms with Crippen molar-refractivity contribution in [3.05, 3.63) is 11.6 Å². The van der Waals surface area contributed by atoms with Gasteiger partial charge in [-0.15, -0.1) is 0 Å². The number of fused-ring (bicyclic) bond motifs is 7. The molecular weight excluding hydrogens is 348 g/mol. The number of rotatable bonds is 0. The molecule has 4 aliphatic carbocycles. The van der Waals surface area contributed by atoms with Gasteiger partial charge in [0.05, 0.1) is 12.7 Å². The third-order valence-electron chi connectivity index (χ3n) is 10.9. The van der Waals surface area contributed by atoms with Crippen molar-refractivity contribution in [3.8, 4) is 0 Å². The summed E-state index contributed by atoms with van der Waals surface area (Å²) in [6, 6.07) is 0. The Morgan fingerprint density at radius 1 is 1.00 bits per heavy atom. The number of ether oxygens (including phenoxy) is 1. The van der Waals surface area contributed by atoms with Crippen LogP contribution in [0.25, 0.3) is 0 Å². The smallest absolute Gasteiger partial charge is 0.334 e. The van der Waals surface area contributed by atoms with Crippen molar-refractivity contribution in [2.75, 3.05) is 6.61 Å². The molecule has 8 atom stereocenters. The van der Waals surface area contributed by atoms with Crippen LogP contribution in [0.15, 0.2) is 11.6 Å². The highest BCUT2D eigenvalue weighted by Crippen LogP contribution is 2.73. The molecule has 0 aromatic rings. The van der Waals surface area contributed by atoms with Crippen LogP contribution >= 0.6 is 0 Å². The molecule has 0 amide bonds. The van der Waals surface area contributed by atoms with Crippen LogP contribution in [0.1, 0.15) is 79.6 Å². The van der Waals surface area contributed by atoms with Gasteiger partial charge in [0.25, 0.3) is 0 Å². The molecule has 3 nitrogen and oxygen atoms in total. The second-order valence-electron chi connectivity index (χ2n) is 12.2. The van der Waals surface area contributed by atoms with Gasteiger partial charge in [-0.1, -0.05) is 47.1 Å². The molecule has 3 saturated carbocycles. The first kappa shape index (κ1) is 19.2. The van der Waals surface area contributed by atoms with E-state index in [0.29, 0.717) is 29.3 Å². The quantitative estimate of drug-likeness (QED) is 0.587. The number of aliphatic hydroxyl groups is 1. The lowest BCUT2D eigenvalue weighted by atomic mass is 9.35. The summed E-state index contributed by atoms with van der Waals surface area (Å²) in [7, 11) is 0. The summed E-state index contributed by atoms with van der Waals surface area (Å²) in [4.78, 5) is 12.2. The van der Waals surface area contributed by atoms with E-state index in [1.54, 1.807) is 0 Å². The SMILES string of the molecule is CC1(C)CCC[C@]2(C)[C@H]3C[C@@H](O)[C@]4(C)[C@@H]5COC(=O)C5=CC[C@H]4[C@]3(C)CC[C@@H]12. The number of carbonyl (C=O) groups is 1. The van der Waals surface area contributed by atoms with Crippen LogP contribution in [0.4, 0.5) is 0 Å². The Bertz CT molecular complexity index is 738. The minimum Gasteiger partial charge on any atom is -0.462 e. The molecule has 0 aromatic carbocycles. The summed E-state index contributed by atoms with van der Waals surface area (Å²) < 4.78 is 5.45. The summed E-state index contributed by atoms with van der Waals surface area (Å²) in [5.74, 6) is 1.68. The molecule has 0 bridgehead atoms. The molecule has 1 N–H and O–H groups in total. The van der Waals surface area contributed by atoms with E-state index in [2.05, 4.69) is 40.7 Å². The predicted molar refractivity (Wildman–Crippen MR) is 109 cm³/mol. The van der Waals surface area contributed by atoms with E-state index in [-0.39, 0.29) is 28.8 Å². The lowest BCUT2D eigenvalue weighted by Gasteiger charge is -2.70. The molecule has 5 aliphatic rings. The number of allylic oxidation sites excluding steroid dienone is 1. The fourth-order valence-corrected chi connectivity index (χ4v) is 9.52. The van der Waals surface area contributed by atoms with Crippen LogP contribution in [0.2, 0.25) is 0 Å². The van der Waals surface area contributed by atoms with Crippen molar-refractivity contribution in [2.45, 2.75) is 85.7 Å². The maximum absolute atomic E-state index is 12.2. The first-order valence-electron chi connectivity index (χ1n) is 11.6. The summed E-state index contributed by atoms with van der Waals surface area (Å²) in [6.45, 7) is 12.8. The third kappa shape index (κ3) is 2.13. The van der Waals surface area contributed by atoms with Gasteiger partial charge in [-0.05, 0) is 72.5 Å². The van der Waals surface area contributed by atoms with Crippen molar-refractivity contribution in [3.63, 3.8) is 0 Å². The first-order chi connectivity index (χ1) is 13.0. The number of aliphatic hydroxyl groups excluding tert-OH is 1. The minimum atomic E-state index is -0.348. The maximum Gasteiger partial charge on any atom is 0.334 e. The average molecular weight is 387 g/mol. The number of cyclic esters (lactones) is 1. The van der Waals surface area contributed by atoms with Crippen molar-refractivity contribution in [2.24, 2.45) is 45.3 Å². The summed E-state index contributed by atoms with van der Waals surface area (Å²) >= 11 is 0. The van der Waals surface area contributed by atoms with Crippen LogP contribution in [0.3, 0.4) is 0 Å². The van der Waals surface area contributed by atoms with E-state index in [0.717, 1.165) is 24.3 Å². The zero-order valence-electron chi connectivity index (χ0n) is 18.4. The maximum atomic E-state index is 12.2. The van der Waals surface area contributed by atoms with Gasteiger partial charge in [-0.25, -0.2) is 4.79 Å². The molecule has 0 spiro atoms. The summed E-state index contributed by atoms with van der Waals surface area (Å²) in [5, 5.41) is 11.6. The zero-order chi connectivity index (χ0) is 20.1. The predicted octanol–water partition coefficient (Wildman–Crippen LogP) is 5.13. The minimum absolute atomic E-state index is 0.0693. The van der Waals surface area contributed by atoms with Gasteiger partial charge in [0, 0.05) is 16.9 Å². The normalized spacial score (nSPS) is 54.6. The standard InChI is InChI=1S/C25H38O3/c1-22(2)10-6-11-23(3)17(22)9-12-24(4)18-8-7-15-16(14-28-21(15)27)25(18,5)20(26)13-19(23)24/h7,16-20,26H,6,8-14H2,1-5H3/t16-,17+,18+,19-,20-,23+,24+,25-/m1/s1. The topological polar surface area (TPSA) is 46.5 Å². The fourth-order valence-electron chi connectivity index (χ4n) is 9.52. The van der Waals surface area contributed by atoms with Crippen LogP contribution in [0.5, 0.6) is 0 Å². The van der Waals surface area contributed by atoms with E-state index < -0.39 is 0 Å². The summed E-state index contributed by atoms with van der Waals surface area (Å²) in [6.07, 6.45) is 10.2. The Kier molecular flexibility index (Phi) is 3.86. The van der Waals surface area contributed by atoms with E-state index in [4.69, 9.17) is 4.74 Å². The average Bonchev–Trinajstić information content (AvgIpc) is 2.99. The van der Waals surface area contributed by atoms with Crippen LogP contribution in [-0.2, 0) is 9.53 Å². The highest BCUT2D eigenvalue weighted by molar-refractivity contribution is 5.91. The molecule has 1 saturated heterocycles. The molecule has 5 rings (SSSR count). The second-order valence-corrected chi connectivity index (χ2v) is 12.2. The lowest BCUT2D eigenvalue weighted by molar-refractivity contribution is -0.233. The molecule has 0 unspecified atom stereocenters. The van der Waals surface area contributed by atoms with Crippen LogP contribution in [-0.4, -0.2) is 23.8 Å². The molecule has 1 aliphatic heterocycles. The van der Waals surface area contributed by atoms with E-state index in [1.165, 1.54) is 32.1 Å². The Hall–Kier alpha value is -0.830. The molecule has 0 radical (unpaired) electrons. The second kappa shape index (κ2) is 5.65. The molecule has 1 heterocycles. The largest absolute Gasteiger partial charge is 0.462 e. The fraction of sp³-hybridized carbons (Fsp3) is 0.880. The van der Waals surface area contributed by atoms with E-state index >= 15 is 0 Å². The Balaban J connectivity index is 1.59. The van der Waals surface area contributed by atoms with Crippen LogP contribution < -0.4 is 0 Å². The number of hydrogen-bond acceptors (Lipinski definition) is 3. The van der Waals surface area contributed by atoms with Gasteiger partial charge in [0.15, 0.2) is 0 Å². The molecule has 156 valence electrons. The van der Waals surface area contributed by atoms with Crippen LogP contribution in [0, 0.1) is 45.3 Å². The highest BCUT2D eigenvalue weighted by Gasteiger charge is 2.68. The van der Waals surface area contributed by atoms with Gasteiger partial charge in [-0.3, -0.25) is 0 Å². The van der Waals surface area contributed by atoms with Crippen molar-refractivity contribution in [1.82, 2.24) is 0 Å². The Morgan fingerprint density at radius 2 is 1.71 bits per heavy atom. The highest BCUT2D eigenvalue weighted by atomic mass is 16.5. The van der Waals surface area contributed by atoms with Gasteiger partial charge in [0.1, 0.15) is 0 Å². The van der Waals surface area contributed by atoms with Gasteiger partial charge in [0.2, 0.25) is 0 Å². The molecular formula is C25H38O3. The van der Waals surface area contributed by atoms with E-state index in [1.807, 2.05) is 0 Å². The van der Waals surface area contributed by atoms with E-state index in [9.17, 15) is 9.90 Å². The number of esters is 1. The lowest BCUT2D eigenvalue weighted by Crippen LogP contribution is -2.66. The Morgan fingerprint density at radius 3 is 2.46 bits per heavy atom. The zero-order valence-corrected chi connectivity index (χ0v) is 18.4. The molecule has 0 aromatic heterocycles. The van der Waals surface area contributed by atoms with Gasteiger partial charge in [-0.2, -0.15) is 0 Å². The van der Waals surface area contributed by atoms with Gasteiger partial charge >= 0.3 is 5.97 Å². The third-order valence-corrected chi connectivity index (χ3v) is 10.9. The first-order valence-corrected chi connectivity index (χ1v) is 11.6. The van der Waals surface area contributed by atoms with Gasteiger partial charge < -0.3 is 9.84 Å². The molecule has 28 heavy (non-hydrogen) atoms. The number of hydrogen-bond donors (Lipinski definition) is 1. The molecule has 4 fully saturated rings. The molecule has 3 heteroatoms. The monoisotopic (exact) mass is 386 g/mol. The van der Waals surface area contributed by atoms with Crippen molar-refractivity contribution < 1.29 is 14.6 Å². The number of carbonyl (C=O) groups excluding carboxylic acids is 1. The Labute approximate surface area is 170 Å². The summed E-state index contributed by atoms with van der Waals surface area (Å²) in [5.41, 5.74) is 1.57.